The Balaban J connectivity index is 1.69. The quantitative estimate of drug-likeness (QED) is 0.149. The van der Waals surface area contributed by atoms with Crippen molar-refractivity contribution in [2.75, 3.05) is 20.8 Å². The van der Waals surface area contributed by atoms with Gasteiger partial charge in [-0.3, -0.25) is 19.2 Å². The molecular weight excluding hydrogens is 819 g/mol. The second-order valence-corrected chi connectivity index (χ2v) is 19.7. The zero-order valence-corrected chi connectivity index (χ0v) is 40.2. The number of fused-ring (bicyclic) bond motifs is 3. The van der Waals surface area contributed by atoms with Gasteiger partial charge in [0.1, 0.15) is 23.7 Å². The molecule has 0 aromatic rings. The minimum Gasteiger partial charge on any atom is -0.460 e. The van der Waals surface area contributed by atoms with Crippen molar-refractivity contribution in [2.45, 2.75) is 181 Å². The standard InChI is InChI=1S/C51H79NO12/c1-30-16-12-11-13-17-31(2)43(61-9)28-39-21-19-36(7)51(60,64-39)48(57)49(58)52-23-15-14-18-40(52)50(59)63-44(33(4)26-38-20-22-41(53)45(27-38)62-10)29-42(54)32(3)25-35(6)47(56)37(8)46(55)34(5)24-30/h11-13,16-17,25,30,32-34,36-41,43-45,47,53,56,60H,14-15,18-24,26-29H2,1-10H3/b13-11+,16-12+,31-17+,35-25+/t30-,32-,33-,34?,36?,37+,38?,39+,40?,41?,43+,44+,45?,47?,51?/m1/s1. The molecule has 3 aliphatic heterocycles. The first-order valence-electron chi connectivity index (χ1n) is 23.9. The number of methoxy groups -OCH3 is 2. The van der Waals surface area contributed by atoms with E-state index in [0.717, 1.165) is 12.0 Å². The van der Waals surface area contributed by atoms with Crippen molar-refractivity contribution in [2.24, 2.45) is 41.4 Å². The van der Waals surface area contributed by atoms with E-state index in [1.165, 1.54) is 4.90 Å². The van der Waals surface area contributed by atoms with E-state index in [0.29, 0.717) is 63.4 Å². The number of piperidine rings is 1. The van der Waals surface area contributed by atoms with E-state index in [9.17, 15) is 39.3 Å². The number of aliphatic hydroxyl groups is 3. The van der Waals surface area contributed by atoms with Crippen LogP contribution in [-0.4, -0.2) is 119 Å². The van der Waals surface area contributed by atoms with Crippen molar-refractivity contribution < 1.29 is 58.2 Å². The lowest BCUT2D eigenvalue weighted by Crippen LogP contribution is -2.61. The van der Waals surface area contributed by atoms with E-state index in [-0.39, 0.29) is 60.7 Å². The van der Waals surface area contributed by atoms with Crippen LogP contribution < -0.4 is 0 Å². The summed E-state index contributed by atoms with van der Waals surface area (Å²) in [5, 5.41) is 33.8. The third kappa shape index (κ3) is 13.9. The van der Waals surface area contributed by atoms with E-state index in [1.807, 2.05) is 58.1 Å². The van der Waals surface area contributed by atoms with E-state index >= 15 is 0 Å². The van der Waals surface area contributed by atoms with Gasteiger partial charge in [-0.15, -0.1) is 0 Å². The number of esters is 1. The summed E-state index contributed by atoms with van der Waals surface area (Å²) in [5.74, 6) is -8.13. The highest BCUT2D eigenvalue weighted by Crippen LogP contribution is 2.38. The van der Waals surface area contributed by atoms with Gasteiger partial charge in [-0.25, -0.2) is 4.79 Å². The number of ketones is 3. The summed E-state index contributed by atoms with van der Waals surface area (Å²) < 4.78 is 23.8. The number of allylic oxidation sites excluding steroid dienone is 6. The Morgan fingerprint density at radius 1 is 0.859 bits per heavy atom. The number of hydrogen-bond donors (Lipinski definition) is 3. The number of carbonyl (C=O) groups excluding carboxylic acids is 5. The number of aliphatic hydroxyl groups excluding tert-OH is 2. The van der Waals surface area contributed by atoms with E-state index in [2.05, 4.69) is 0 Å². The smallest absolute Gasteiger partial charge is 0.329 e. The number of carbonyl (C=O) groups is 5. The molecule has 4 rings (SSSR count). The molecule has 3 heterocycles. The lowest BCUT2D eigenvalue weighted by molar-refractivity contribution is -0.265. The maximum atomic E-state index is 14.3. The van der Waals surface area contributed by atoms with Crippen molar-refractivity contribution in [3.63, 3.8) is 0 Å². The summed E-state index contributed by atoms with van der Waals surface area (Å²) in [7, 11) is 3.15. The fraction of sp³-hybridized carbons (Fsp3) is 0.745. The van der Waals surface area contributed by atoms with Crippen LogP contribution in [0.3, 0.4) is 0 Å². The highest BCUT2D eigenvalue weighted by Gasteiger charge is 2.53. The summed E-state index contributed by atoms with van der Waals surface area (Å²) in [6, 6.07) is -1.13. The van der Waals surface area contributed by atoms with Crippen molar-refractivity contribution in [1.29, 1.82) is 0 Å². The molecule has 2 bridgehead atoms. The van der Waals surface area contributed by atoms with Crippen LogP contribution in [0.25, 0.3) is 0 Å². The molecule has 4 aliphatic rings. The van der Waals surface area contributed by atoms with Gasteiger partial charge in [-0.05, 0) is 107 Å². The van der Waals surface area contributed by atoms with Gasteiger partial charge < -0.3 is 39.2 Å². The summed E-state index contributed by atoms with van der Waals surface area (Å²) in [6.45, 7) is 14.7. The molecule has 64 heavy (non-hydrogen) atoms. The molecule has 13 heteroatoms. The Hall–Kier alpha value is -3.33. The summed E-state index contributed by atoms with van der Waals surface area (Å²) in [6.07, 6.45) is 13.0. The first kappa shape index (κ1) is 53.3. The number of rotatable bonds is 5. The predicted molar refractivity (Wildman–Crippen MR) is 244 cm³/mol. The number of hydrogen-bond acceptors (Lipinski definition) is 12. The molecule has 0 radical (unpaired) electrons. The summed E-state index contributed by atoms with van der Waals surface area (Å²) >= 11 is 0. The Morgan fingerprint density at radius 2 is 1.58 bits per heavy atom. The van der Waals surface area contributed by atoms with Crippen LogP contribution in [-0.2, 0) is 42.9 Å². The average molecular weight is 898 g/mol. The van der Waals surface area contributed by atoms with Crippen LogP contribution in [0.1, 0.15) is 132 Å². The minimum atomic E-state index is -2.42. The monoisotopic (exact) mass is 898 g/mol. The maximum Gasteiger partial charge on any atom is 0.329 e. The summed E-state index contributed by atoms with van der Waals surface area (Å²) in [5.41, 5.74) is 1.39. The van der Waals surface area contributed by atoms with Crippen LogP contribution in [0, 0.1) is 41.4 Å². The lowest BCUT2D eigenvalue weighted by Gasteiger charge is -2.42. The Morgan fingerprint density at radius 3 is 2.27 bits per heavy atom. The van der Waals surface area contributed by atoms with Gasteiger partial charge in [-0.1, -0.05) is 78.0 Å². The van der Waals surface area contributed by atoms with Crippen LogP contribution in [0.4, 0.5) is 0 Å². The molecule has 3 N–H and O–H groups in total. The zero-order chi connectivity index (χ0) is 47.5. The molecule has 0 spiro atoms. The topological polar surface area (TPSA) is 186 Å². The van der Waals surface area contributed by atoms with Crippen LogP contribution in [0.5, 0.6) is 0 Å². The molecule has 0 aromatic carbocycles. The van der Waals surface area contributed by atoms with E-state index < -0.39 is 77.8 Å². The molecule has 3 fully saturated rings. The van der Waals surface area contributed by atoms with Gasteiger partial charge in [0, 0.05) is 57.3 Å². The number of ether oxygens (including phenoxy) is 4. The molecular formula is C51H79NO12. The van der Waals surface area contributed by atoms with Crippen molar-refractivity contribution >= 4 is 29.2 Å². The molecule has 360 valence electrons. The molecule has 1 amide bonds. The first-order valence-corrected chi connectivity index (χ1v) is 23.9. The van der Waals surface area contributed by atoms with Crippen molar-refractivity contribution in [1.82, 2.24) is 4.90 Å². The number of cyclic esters (lactones) is 1. The van der Waals surface area contributed by atoms with Crippen molar-refractivity contribution in [3.05, 3.63) is 47.6 Å². The van der Waals surface area contributed by atoms with Crippen LogP contribution in [0.15, 0.2) is 47.6 Å². The number of Topliss-reactive ketones (excluding diaryl/α,β-unsaturated/α-hetero) is 3. The fourth-order valence-electron chi connectivity index (χ4n) is 10.2. The molecule has 8 unspecified atom stereocenters. The number of nitrogens with zero attached hydrogens (tertiary/aromatic N) is 1. The Bertz CT molecular complexity index is 1740. The fourth-order valence-corrected chi connectivity index (χ4v) is 10.2. The van der Waals surface area contributed by atoms with Crippen molar-refractivity contribution in [3.8, 4) is 0 Å². The van der Waals surface area contributed by atoms with E-state index in [4.69, 9.17) is 18.9 Å². The third-order valence-corrected chi connectivity index (χ3v) is 14.6. The second-order valence-electron chi connectivity index (χ2n) is 19.7. The molecule has 1 saturated carbocycles. The maximum absolute atomic E-state index is 14.3. The molecule has 2 saturated heterocycles. The van der Waals surface area contributed by atoms with Gasteiger partial charge in [-0.2, -0.15) is 0 Å². The van der Waals surface area contributed by atoms with Gasteiger partial charge in [0.05, 0.1) is 30.5 Å². The van der Waals surface area contributed by atoms with Gasteiger partial charge in [0.2, 0.25) is 5.79 Å². The van der Waals surface area contributed by atoms with Crippen LogP contribution in [0.2, 0.25) is 0 Å². The van der Waals surface area contributed by atoms with Gasteiger partial charge in [0.15, 0.2) is 0 Å². The average Bonchev–Trinajstić information content (AvgIpc) is 3.27. The molecule has 0 aromatic heterocycles. The summed E-state index contributed by atoms with van der Waals surface area (Å²) in [4.78, 5) is 71.6. The second kappa shape index (κ2) is 24.4. The van der Waals surface area contributed by atoms with Gasteiger partial charge in [0.25, 0.3) is 11.7 Å². The SMILES string of the molecule is COC1CC(C[C@@H](C)[C@@H]2CC(=O)[C@H](C)/C=C(\C)C(O)[C@@H](C)C(=O)C(C)C[C@H](C)/C=C/C=C/C=C(\C)[C@@H](OC)C[C@@H]3CCC(C)C(O)(O3)C(=O)C(=O)N3CCCCC3C(=O)O2)CCC1O. The zero-order valence-electron chi connectivity index (χ0n) is 40.2. The highest BCUT2D eigenvalue weighted by molar-refractivity contribution is 6.39. The molecule has 1 aliphatic carbocycles. The normalized spacial score (nSPS) is 40.9. The minimum absolute atomic E-state index is 0.0679. The largest absolute Gasteiger partial charge is 0.460 e. The lowest BCUT2D eigenvalue weighted by atomic mass is 9.78. The van der Waals surface area contributed by atoms with E-state index in [1.54, 1.807) is 48.0 Å². The molecule has 15 atom stereocenters. The van der Waals surface area contributed by atoms with Crippen LogP contribution >= 0.6 is 0 Å². The molecule has 13 nitrogen and oxygen atoms in total. The third-order valence-electron chi connectivity index (χ3n) is 14.6. The van der Waals surface area contributed by atoms with Gasteiger partial charge >= 0.3 is 5.97 Å². The number of amides is 1. The Kier molecular flexibility index (Phi) is 20.4. The first-order chi connectivity index (χ1) is 30.2. The predicted octanol–water partition coefficient (Wildman–Crippen LogP) is 6.80. The highest BCUT2D eigenvalue weighted by atomic mass is 16.6. The Labute approximate surface area is 382 Å².